The summed E-state index contributed by atoms with van der Waals surface area (Å²) in [5, 5.41) is 9.97. The Labute approximate surface area is 99.4 Å². The van der Waals surface area contributed by atoms with Crippen molar-refractivity contribution in [2.75, 3.05) is 12.4 Å². The molecule has 90 valence electrons. The third-order valence-corrected chi connectivity index (χ3v) is 2.41. The standard InChI is InChI=1S/C11H15N5O/c1-7(9-5-12-13-6-9)14-10-4-11(17-3)16-8(2)15-10/h4-7H,1-3H3,(H,12,13)(H,14,15,16). The van der Waals surface area contributed by atoms with Crippen molar-refractivity contribution in [3.05, 3.63) is 29.8 Å². The highest BCUT2D eigenvalue weighted by Crippen LogP contribution is 2.19. The van der Waals surface area contributed by atoms with Gasteiger partial charge < -0.3 is 10.1 Å². The van der Waals surface area contributed by atoms with Crippen molar-refractivity contribution in [3.8, 4) is 5.88 Å². The zero-order valence-corrected chi connectivity index (χ0v) is 10.1. The molecule has 0 spiro atoms. The molecule has 1 atom stereocenters. The number of aromatic nitrogens is 4. The molecular weight excluding hydrogens is 218 g/mol. The van der Waals surface area contributed by atoms with Crippen LogP contribution in [0.25, 0.3) is 0 Å². The van der Waals surface area contributed by atoms with E-state index in [1.165, 1.54) is 0 Å². The summed E-state index contributed by atoms with van der Waals surface area (Å²) >= 11 is 0. The maximum Gasteiger partial charge on any atom is 0.218 e. The molecule has 6 nitrogen and oxygen atoms in total. The summed E-state index contributed by atoms with van der Waals surface area (Å²) < 4.78 is 5.10. The molecule has 2 heterocycles. The van der Waals surface area contributed by atoms with E-state index in [0.717, 1.165) is 11.4 Å². The maximum absolute atomic E-state index is 5.10. The molecule has 2 aromatic rings. The summed E-state index contributed by atoms with van der Waals surface area (Å²) in [6.45, 7) is 3.87. The van der Waals surface area contributed by atoms with Gasteiger partial charge in [0.15, 0.2) is 0 Å². The molecule has 0 bridgehead atoms. The van der Waals surface area contributed by atoms with Gasteiger partial charge in [0.05, 0.1) is 19.3 Å². The van der Waals surface area contributed by atoms with Gasteiger partial charge in [-0.2, -0.15) is 10.1 Å². The minimum atomic E-state index is 0.118. The van der Waals surface area contributed by atoms with E-state index in [-0.39, 0.29) is 6.04 Å². The molecule has 0 saturated heterocycles. The van der Waals surface area contributed by atoms with E-state index in [9.17, 15) is 0 Å². The van der Waals surface area contributed by atoms with Crippen molar-refractivity contribution in [1.29, 1.82) is 0 Å². The second kappa shape index (κ2) is 4.82. The smallest absolute Gasteiger partial charge is 0.218 e. The van der Waals surface area contributed by atoms with Gasteiger partial charge in [0, 0.05) is 17.8 Å². The normalized spacial score (nSPS) is 12.2. The second-order valence-corrected chi connectivity index (χ2v) is 3.74. The zero-order valence-electron chi connectivity index (χ0n) is 10.1. The number of nitrogens with one attached hydrogen (secondary N) is 2. The average molecular weight is 233 g/mol. The summed E-state index contributed by atoms with van der Waals surface area (Å²) in [6, 6.07) is 1.89. The molecule has 0 radical (unpaired) electrons. The summed E-state index contributed by atoms with van der Waals surface area (Å²) in [7, 11) is 1.59. The first-order valence-corrected chi connectivity index (χ1v) is 5.34. The van der Waals surface area contributed by atoms with Crippen LogP contribution < -0.4 is 10.1 Å². The fourth-order valence-electron chi connectivity index (χ4n) is 1.52. The zero-order chi connectivity index (χ0) is 12.3. The van der Waals surface area contributed by atoms with Crippen LogP contribution in [-0.2, 0) is 0 Å². The lowest BCUT2D eigenvalue weighted by molar-refractivity contribution is 0.396. The lowest BCUT2D eigenvalue weighted by Gasteiger charge is -2.13. The molecule has 6 heteroatoms. The van der Waals surface area contributed by atoms with Crippen LogP contribution in [0.2, 0.25) is 0 Å². The van der Waals surface area contributed by atoms with E-state index < -0.39 is 0 Å². The summed E-state index contributed by atoms with van der Waals surface area (Å²) in [5.74, 6) is 1.97. The number of anilines is 1. The van der Waals surface area contributed by atoms with Crippen LogP contribution in [0.3, 0.4) is 0 Å². The van der Waals surface area contributed by atoms with E-state index in [1.807, 2.05) is 20.0 Å². The number of ether oxygens (including phenoxy) is 1. The number of aromatic amines is 1. The van der Waals surface area contributed by atoms with Crippen LogP contribution in [-0.4, -0.2) is 27.3 Å². The van der Waals surface area contributed by atoms with Crippen molar-refractivity contribution < 1.29 is 4.74 Å². The van der Waals surface area contributed by atoms with Crippen molar-refractivity contribution in [2.45, 2.75) is 19.9 Å². The van der Waals surface area contributed by atoms with Gasteiger partial charge in [-0.25, -0.2) is 4.98 Å². The van der Waals surface area contributed by atoms with E-state index in [2.05, 4.69) is 25.5 Å². The number of methoxy groups -OCH3 is 1. The molecule has 0 aliphatic carbocycles. The van der Waals surface area contributed by atoms with Crippen LogP contribution in [0, 0.1) is 6.92 Å². The van der Waals surface area contributed by atoms with E-state index in [1.54, 1.807) is 19.4 Å². The first-order chi connectivity index (χ1) is 8.19. The van der Waals surface area contributed by atoms with Crippen LogP contribution in [0.15, 0.2) is 18.5 Å². The molecular formula is C11H15N5O. The number of hydrogen-bond donors (Lipinski definition) is 2. The first-order valence-electron chi connectivity index (χ1n) is 5.34. The molecule has 0 aromatic carbocycles. The van der Waals surface area contributed by atoms with Gasteiger partial charge in [-0.05, 0) is 13.8 Å². The Balaban J connectivity index is 2.15. The lowest BCUT2D eigenvalue weighted by atomic mass is 10.2. The first kappa shape index (κ1) is 11.4. The highest BCUT2D eigenvalue weighted by Gasteiger charge is 2.08. The van der Waals surface area contributed by atoms with Gasteiger partial charge in [-0.3, -0.25) is 5.10 Å². The quantitative estimate of drug-likeness (QED) is 0.840. The molecule has 1 unspecified atom stereocenters. The van der Waals surface area contributed by atoms with Crippen LogP contribution in [0.1, 0.15) is 24.4 Å². The van der Waals surface area contributed by atoms with Gasteiger partial charge in [0.2, 0.25) is 5.88 Å². The average Bonchev–Trinajstić information content (AvgIpc) is 2.81. The number of rotatable bonds is 4. The Bertz CT molecular complexity index is 483. The molecule has 0 saturated carbocycles. The van der Waals surface area contributed by atoms with Crippen molar-refractivity contribution in [3.63, 3.8) is 0 Å². The number of nitrogens with zero attached hydrogens (tertiary/aromatic N) is 3. The summed E-state index contributed by atoms with van der Waals surface area (Å²) in [4.78, 5) is 8.43. The fourth-order valence-corrected chi connectivity index (χ4v) is 1.52. The molecule has 0 aliphatic rings. The minimum absolute atomic E-state index is 0.118. The van der Waals surface area contributed by atoms with Gasteiger partial charge in [-0.15, -0.1) is 0 Å². The summed E-state index contributed by atoms with van der Waals surface area (Å²) in [5.41, 5.74) is 1.07. The highest BCUT2D eigenvalue weighted by atomic mass is 16.5. The second-order valence-electron chi connectivity index (χ2n) is 3.74. The molecule has 0 aliphatic heterocycles. The Morgan fingerprint density at radius 2 is 2.24 bits per heavy atom. The van der Waals surface area contributed by atoms with Gasteiger partial charge in [0.1, 0.15) is 11.6 Å². The number of hydrogen-bond acceptors (Lipinski definition) is 5. The predicted octanol–water partition coefficient (Wildman–Crippen LogP) is 1.69. The van der Waals surface area contributed by atoms with E-state index in [4.69, 9.17) is 4.74 Å². The Kier molecular flexibility index (Phi) is 3.22. The van der Waals surface area contributed by atoms with Crippen LogP contribution >= 0.6 is 0 Å². The summed E-state index contributed by atoms with van der Waals surface area (Å²) in [6.07, 6.45) is 3.63. The third kappa shape index (κ3) is 2.72. The van der Waals surface area contributed by atoms with Gasteiger partial charge >= 0.3 is 0 Å². The molecule has 2 N–H and O–H groups in total. The Hall–Kier alpha value is -2.11. The van der Waals surface area contributed by atoms with E-state index >= 15 is 0 Å². The molecule has 0 fully saturated rings. The SMILES string of the molecule is COc1cc(NC(C)c2cn[nH]c2)nc(C)n1. The van der Waals surface area contributed by atoms with Crippen LogP contribution in [0.4, 0.5) is 5.82 Å². The molecule has 0 amide bonds. The number of H-pyrrole nitrogens is 1. The number of aryl methyl sites for hydroxylation is 1. The Morgan fingerprint density at radius 1 is 1.41 bits per heavy atom. The van der Waals surface area contributed by atoms with Crippen LogP contribution in [0.5, 0.6) is 5.88 Å². The Morgan fingerprint density at radius 3 is 2.88 bits per heavy atom. The topological polar surface area (TPSA) is 75.7 Å². The monoisotopic (exact) mass is 233 g/mol. The lowest BCUT2D eigenvalue weighted by Crippen LogP contribution is -2.08. The highest BCUT2D eigenvalue weighted by molar-refractivity contribution is 5.40. The minimum Gasteiger partial charge on any atom is -0.481 e. The van der Waals surface area contributed by atoms with Crippen molar-refractivity contribution in [2.24, 2.45) is 0 Å². The van der Waals surface area contributed by atoms with Gasteiger partial charge in [-0.1, -0.05) is 0 Å². The third-order valence-electron chi connectivity index (χ3n) is 2.41. The predicted molar refractivity (Wildman–Crippen MR) is 63.9 cm³/mol. The molecule has 2 aromatic heterocycles. The van der Waals surface area contributed by atoms with Gasteiger partial charge in [0.25, 0.3) is 0 Å². The van der Waals surface area contributed by atoms with Crippen molar-refractivity contribution >= 4 is 5.82 Å². The fraction of sp³-hybridized carbons (Fsp3) is 0.364. The van der Waals surface area contributed by atoms with Crippen molar-refractivity contribution in [1.82, 2.24) is 20.2 Å². The van der Waals surface area contributed by atoms with E-state index in [0.29, 0.717) is 11.7 Å². The molecule has 17 heavy (non-hydrogen) atoms. The molecule has 2 rings (SSSR count). The maximum atomic E-state index is 5.10. The largest absolute Gasteiger partial charge is 0.481 e.